The summed E-state index contributed by atoms with van der Waals surface area (Å²) in [6, 6.07) is 19.6. The number of rotatable bonds is 8. The van der Waals surface area contributed by atoms with Gasteiger partial charge in [-0.25, -0.2) is 9.78 Å². The largest absolute Gasteiger partial charge is 0.465 e. The van der Waals surface area contributed by atoms with Crippen LogP contribution in [0.2, 0.25) is 10.2 Å². The Morgan fingerprint density at radius 3 is 2.59 bits per heavy atom. The molecule has 2 atom stereocenters. The van der Waals surface area contributed by atoms with Crippen molar-refractivity contribution in [2.45, 2.75) is 31.4 Å². The van der Waals surface area contributed by atoms with E-state index in [1.165, 1.54) is 13.1 Å². The fraction of sp³-hybridized carbons (Fsp3) is 0.194. The van der Waals surface area contributed by atoms with Gasteiger partial charge in [-0.2, -0.15) is 0 Å². The number of benzene rings is 3. The van der Waals surface area contributed by atoms with E-state index in [0.717, 1.165) is 27.2 Å². The Morgan fingerprint density at radius 2 is 1.85 bits per heavy atom. The Morgan fingerprint density at radius 1 is 1.10 bits per heavy atom. The topological polar surface area (TPSA) is 119 Å². The summed E-state index contributed by atoms with van der Waals surface area (Å²) in [7, 11) is 1.46. The highest BCUT2D eigenvalue weighted by atomic mass is 35.5. The number of nitrogens with zero attached hydrogens (tertiary/aromatic N) is 2. The number of aliphatic hydroxyl groups excluding tert-OH is 1. The Kier molecular flexibility index (Phi) is 8.44. The second-order valence-corrected chi connectivity index (χ2v) is 10.8. The van der Waals surface area contributed by atoms with Gasteiger partial charge in [-0.15, -0.1) is 0 Å². The lowest BCUT2D eigenvalue weighted by Crippen LogP contribution is -2.29. The molecule has 0 spiro atoms. The van der Waals surface area contributed by atoms with Crippen molar-refractivity contribution < 1.29 is 19.8 Å². The maximum absolute atomic E-state index is 13.0. The van der Waals surface area contributed by atoms with Crippen LogP contribution in [0, 0.1) is 0 Å². The number of fused-ring (bicyclic) bond motifs is 1. The van der Waals surface area contributed by atoms with E-state index in [4.69, 9.17) is 28.2 Å². The molecule has 0 saturated carbocycles. The maximum atomic E-state index is 13.0. The number of carbonyl (C=O) groups excluding carboxylic acids is 1. The number of hydrogen-bond donors (Lipinski definition) is 4. The SMILES string of the molecule is CN(C(=O)O)c1ccc(-c2nc([C@H](Cc3ccc4c(c3)CC(O)C4)NC(=O)C=Cc3cccc(Cl)c3)[nH]c2Cl)cc1. The minimum Gasteiger partial charge on any atom is -0.465 e. The lowest BCUT2D eigenvalue weighted by molar-refractivity contribution is -0.117. The van der Waals surface area contributed by atoms with Crippen molar-refractivity contribution >= 4 is 47.0 Å². The molecule has 1 aromatic heterocycles. The van der Waals surface area contributed by atoms with Crippen LogP contribution < -0.4 is 10.2 Å². The first-order valence-electron chi connectivity index (χ1n) is 13.0. The first-order chi connectivity index (χ1) is 19.7. The summed E-state index contributed by atoms with van der Waals surface area (Å²) in [5, 5.41) is 23.2. The summed E-state index contributed by atoms with van der Waals surface area (Å²) in [4.78, 5) is 33.3. The van der Waals surface area contributed by atoms with Crippen LogP contribution in [0.3, 0.4) is 0 Å². The van der Waals surface area contributed by atoms with Crippen molar-refractivity contribution in [3.63, 3.8) is 0 Å². The molecule has 3 aromatic carbocycles. The van der Waals surface area contributed by atoms with E-state index >= 15 is 0 Å². The quantitative estimate of drug-likeness (QED) is 0.186. The van der Waals surface area contributed by atoms with Crippen molar-refractivity contribution in [3.8, 4) is 11.3 Å². The van der Waals surface area contributed by atoms with E-state index in [0.29, 0.717) is 52.2 Å². The van der Waals surface area contributed by atoms with Gasteiger partial charge in [0, 0.05) is 29.4 Å². The third-order valence-corrected chi connectivity index (χ3v) is 7.55. The monoisotopic (exact) mass is 590 g/mol. The number of amides is 2. The van der Waals surface area contributed by atoms with Gasteiger partial charge in [-0.1, -0.05) is 65.7 Å². The van der Waals surface area contributed by atoms with E-state index in [9.17, 15) is 19.8 Å². The molecule has 0 saturated heterocycles. The van der Waals surface area contributed by atoms with Gasteiger partial charge in [0.1, 0.15) is 16.7 Å². The second-order valence-electron chi connectivity index (χ2n) is 9.99. The molecule has 1 heterocycles. The molecule has 210 valence electrons. The average Bonchev–Trinajstić information content (AvgIpc) is 3.52. The second kappa shape index (κ2) is 12.2. The van der Waals surface area contributed by atoms with Gasteiger partial charge < -0.3 is 20.5 Å². The highest BCUT2D eigenvalue weighted by molar-refractivity contribution is 6.32. The lowest BCUT2D eigenvalue weighted by Gasteiger charge is -2.17. The van der Waals surface area contributed by atoms with Crippen LogP contribution >= 0.6 is 23.2 Å². The fourth-order valence-electron chi connectivity index (χ4n) is 4.91. The van der Waals surface area contributed by atoms with Gasteiger partial charge in [-0.05, 0) is 71.9 Å². The molecule has 4 aromatic rings. The zero-order valence-corrected chi connectivity index (χ0v) is 23.7. The zero-order chi connectivity index (χ0) is 29.1. The molecule has 0 aliphatic heterocycles. The van der Waals surface area contributed by atoms with Crippen LogP contribution in [0.4, 0.5) is 10.5 Å². The molecular weight excluding hydrogens is 563 g/mol. The third kappa shape index (κ3) is 6.79. The average molecular weight is 591 g/mol. The van der Waals surface area contributed by atoms with Crippen molar-refractivity contribution in [1.29, 1.82) is 0 Å². The number of anilines is 1. The predicted octanol–water partition coefficient (Wildman–Crippen LogP) is 6.07. The Labute approximate surface area is 247 Å². The van der Waals surface area contributed by atoms with Gasteiger partial charge in [-0.3, -0.25) is 9.69 Å². The van der Waals surface area contributed by atoms with Gasteiger partial charge in [0.15, 0.2) is 0 Å². The predicted molar refractivity (Wildman–Crippen MR) is 160 cm³/mol. The van der Waals surface area contributed by atoms with Gasteiger partial charge in [0.25, 0.3) is 0 Å². The van der Waals surface area contributed by atoms with Crippen molar-refractivity contribution in [2.75, 3.05) is 11.9 Å². The molecule has 4 N–H and O–H groups in total. The summed E-state index contributed by atoms with van der Waals surface area (Å²) in [6.45, 7) is 0. The first kappa shape index (κ1) is 28.4. The molecule has 0 fully saturated rings. The number of nitrogens with one attached hydrogen (secondary N) is 2. The number of halogens is 2. The Hall–Kier alpha value is -4.11. The fourth-order valence-corrected chi connectivity index (χ4v) is 5.35. The first-order valence-corrected chi connectivity index (χ1v) is 13.8. The summed E-state index contributed by atoms with van der Waals surface area (Å²) < 4.78 is 0. The minimum absolute atomic E-state index is 0.296. The molecule has 8 nitrogen and oxygen atoms in total. The molecule has 0 bridgehead atoms. The van der Waals surface area contributed by atoms with Crippen LogP contribution in [-0.4, -0.2) is 45.3 Å². The number of aromatic nitrogens is 2. The summed E-state index contributed by atoms with van der Waals surface area (Å²) >= 11 is 12.6. The van der Waals surface area contributed by atoms with Gasteiger partial charge in [0.2, 0.25) is 5.91 Å². The highest BCUT2D eigenvalue weighted by Gasteiger charge is 2.24. The highest BCUT2D eigenvalue weighted by Crippen LogP contribution is 2.31. The number of imidazole rings is 1. The van der Waals surface area contributed by atoms with Crippen molar-refractivity contribution in [2.24, 2.45) is 0 Å². The van der Waals surface area contributed by atoms with Gasteiger partial charge in [0.05, 0.1) is 12.1 Å². The Bertz CT molecular complexity index is 1620. The van der Waals surface area contributed by atoms with Crippen LogP contribution in [0.1, 0.15) is 34.1 Å². The van der Waals surface area contributed by atoms with Crippen molar-refractivity contribution in [1.82, 2.24) is 15.3 Å². The van der Waals surface area contributed by atoms with Gasteiger partial charge >= 0.3 is 6.09 Å². The van der Waals surface area contributed by atoms with Crippen LogP contribution in [0.15, 0.2) is 72.8 Å². The number of aromatic amines is 1. The molecule has 41 heavy (non-hydrogen) atoms. The van der Waals surface area contributed by atoms with Crippen LogP contribution in [-0.2, 0) is 24.1 Å². The van der Waals surface area contributed by atoms with Crippen LogP contribution in [0.5, 0.6) is 0 Å². The van der Waals surface area contributed by atoms with E-state index in [1.54, 1.807) is 42.5 Å². The van der Waals surface area contributed by atoms with E-state index in [1.807, 2.05) is 24.3 Å². The van der Waals surface area contributed by atoms with Crippen LogP contribution in [0.25, 0.3) is 17.3 Å². The number of aliphatic hydroxyl groups is 1. The summed E-state index contributed by atoms with van der Waals surface area (Å²) in [5.74, 6) is 0.156. The molecule has 10 heteroatoms. The number of H-pyrrole nitrogens is 1. The van der Waals surface area contributed by atoms with Crippen molar-refractivity contribution in [3.05, 3.63) is 111 Å². The molecule has 1 aliphatic rings. The number of carbonyl (C=O) groups is 2. The maximum Gasteiger partial charge on any atom is 0.411 e. The molecule has 2 amide bonds. The molecule has 1 aliphatic carbocycles. The summed E-state index contributed by atoms with van der Waals surface area (Å²) in [5.41, 5.74) is 5.69. The Balaban J connectivity index is 1.42. The smallest absolute Gasteiger partial charge is 0.411 e. The summed E-state index contributed by atoms with van der Waals surface area (Å²) in [6.07, 6.45) is 3.37. The molecular formula is C31H28Cl2N4O4. The minimum atomic E-state index is -1.07. The zero-order valence-electron chi connectivity index (χ0n) is 22.1. The normalized spacial score (nSPS) is 15.1. The lowest BCUT2D eigenvalue weighted by atomic mass is 10.0. The van der Waals surface area contributed by atoms with E-state index < -0.39 is 12.1 Å². The molecule has 5 rings (SSSR count). The standard InChI is InChI=1S/C31H28Cl2N4O4/c1-37(31(40)41)24-10-8-20(9-11-24)28-29(33)36-30(35-28)26(15-19-5-7-21-16-25(38)17-22(21)13-19)34-27(39)12-6-18-3-2-4-23(32)14-18/h2-14,25-26,38H,15-17H2,1H3,(H,34,39)(H,35,36)(H,40,41)/t25?,26-/m0/s1. The molecule has 0 radical (unpaired) electrons. The van der Waals surface area contributed by atoms with E-state index in [-0.39, 0.29) is 12.0 Å². The number of carboxylic acid groups (broad SMARTS) is 1. The molecule has 1 unspecified atom stereocenters. The number of hydrogen-bond acceptors (Lipinski definition) is 4. The van der Waals surface area contributed by atoms with E-state index in [2.05, 4.69) is 16.4 Å². The third-order valence-electron chi connectivity index (χ3n) is 7.04.